The second-order valence-electron chi connectivity index (χ2n) is 5.99. The summed E-state index contributed by atoms with van der Waals surface area (Å²) in [7, 11) is 1.68. The largest absolute Gasteiger partial charge is 0.396 e. The highest BCUT2D eigenvalue weighted by atomic mass is 32.2. The van der Waals surface area contributed by atoms with Crippen LogP contribution in [0, 0.1) is 0 Å². The topological polar surface area (TPSA) is 137 Å². The quantitative estimate of drug-likeness (QED) is 0.226. The maximum absolute atomic E-state index is 12.3. The van der Waals surface area contributed by atoms with E-state index in [9.17, 15) is 19.2 Å². The van der Waals surface area contributed by atoms with E-state index in [-0.39, 0.29) is 34.9 Å². The maximum Gasteiger partial charge on any atom is 0.271 e. The van der Waals surface area contributed by atoms with Crippen LogP contribution in [0.25, 0.3) is 0 Å². The first kappa shape index (κ1) is 27.2. The van der Waals surface area contributed by atoms with Gasteiger partial charge in [-0.1, -0.05) is 19.6 Å². The van der Waals surface area contributed by atoms with Crippen molar-refractivity contribution in [3.05, 3.63) is 24.0 Å². The molecule has 0 spiro atoms. The Morgan fingerprint density at radius 1 is 1.38 bits per heavy atom. The molecule has 0 bridgehead atoms. The summed E-state index contributed by atoms with van der Waals surface area (Å²) in [6, 6.07) is -1.18. The number of hydrogen-bond donors (Lipinski definition) is 6. The summed E-state index contributed by atoms with van der Waals surface area (Å²) in [4.78, 5) is 47.8. The molecule has 1 heterocycles. The predicted molar refractivity (Wildman–Crippen MR) is 118 cm³/mol. The molecular formula is C18H30N4O5S2. The van der Waals surface area contributed by atoms with Crippen LogP contribution in [-0.2, 0) is 19.2 Å². The van der Waals surface area contributed by atoms with Gasteiger partial charge in [-0.2, -0.15) is 24.4 Å². The summed E-state index contributed by atoms with van der Waals surface area (Å²) < 4.78 is 0. The molecule has 0 aliphatic carbocycles. The lowest BCUT2D eigenvalue weighted by Crippen LogP contribution is -2.53. The molecule has 1 rings (SSSR count). The van der Waals surface area contributed by atoms with E-state index >= 15 is 0 Å². The Morgan fingerprint density at radius 3 is 2.41 bits per heavy atom. The molecule has 11 heteroatoms. The SMILES string of the molecule is C=C(NC(=O)C1CSC(C)C(NC)C(=O)N1)C(=O)N/C(=C\C)C(C)=O.OCCS. The van der Waals surface area contributed by atoms with Crippen LogP contribution in [0.2, 0.25) is 0 Å². The number of hydrogen-bond acceptors (Lipinski definition) is 8. The van der Waals surface area contributed by atoms with Gasteiger partial charge in [0, 0.05) is 23.7 Å². The van der Waals surface area contributed by atoms with Crippen molar-refractivity contribution >= 4 is 47.9 Å². The Morgan fingerprint density at radius 2 is 1.97 bits per heavy atom. The number of thiol groups is 1. The van der Waals surface area contributed by atoms with Crippen molar-refractivity contribution < 1.29 is 24.3 Å². The Balaban J connectivity index is 0.00000178. The molecule has 3 amide bonds. The van der Waals surface area contributed by atoms with Gasteiger partial charge in [0.05, 0.1) is 24.0 Å². The van der Waals surface area contributed by atoms with Gasteiger partial charge in [0.2, 0.25) is 11.8 Å². The average Bonchev–Trinajstić information content (AvgIpc) is 2.83. The maximum atomic E-state index is 12.3. The smallest absolute Gasteiger partial charge is 0.271 e. The van der Waals surface area contributed by atoms with E-state index < -0.39 is 23.9 Å². The number of ketones is 1. The molecule has 3 atom stereocenters. The highest BCUT2D eigenvalue weighted by Gasteiger charge is 2.33. The zero-order valence-electron chi connectivity index (χ0n) is 17.1. The number of likely N-dealkylation sites (N-methyl/N-ethyl adjacent to an activating group) is 1. The lowest BCUT2D eigenvalue weighted by atomic mass is 10.2. The summed E-state index contributed by atoms with van der Waals surface area (Å²) in [6.45, 7) is 8.52. The molecule has 29 heavy (non-hydrogen) atoms. The van der Waals surface area contributed by atoms with Crippen LogP contribution in [0.15, 0.2) is 24.0 Å². The first-order chi connectivity index (χ1) is 13.6. The van der Waals surface area contributed by atoms with Crippen molar-refractivity contribution in [1.29, 1.82) is 0 Å². The van der Waals surface area contributed by atoms with Crippen LogP contribution >= 0.6 is 24.4 Å². The number of Topliss-reactive ketones (excluding diaryl/α,β-unsaturated/α-hetero) is 1. The minimum atomic E-state index is -0.781. The number of carbonyl (C=O) groups is 4. The lowest BCUT2D eigenvalue weighted by molar-refractivity contribution is -0.129. The van der Waals surface area contributed by atoms with Gasteiger partial charge >= 0.3 is 0 Å². The monoisotopic (exact) mass is 446 g/mol. The fourth-order valence-electron chi connectivity index (χ4n) is 2.22. The molecule has 0 radical (unpaired) electrons. The van der Waals surface area contributed by atoms with Crippen LogP contribution < -0.4 is 21.3 Å². The van der Waals surface area contributed by atoms with E-state index in [0.29, 0.717) is 11.5 Å². The van der Waals surface area contributed by atoms with Gasteiger partial charge < -0.3 is 26.4 Å². The minimum Gasteiger partial charge on any atom is -0.396 e. The second-order valence-corrected chi connectivity index (χ2v) is 7.85. The van der Waals surface area contributed by atoms with Crippen LogP contribution in [0.3, 0.4) is 0 Å². The van der Waals surface area contributed by atoms with E-state index in [2.05, 4.69) is 40.5 Å². The zero-order chi connectivity index (χ0) is 22.6. The van der Waals surface area contributed by atoms with Gasteiger partial charge in [0.1, 0.15) is 6.04 Å². The summed E-state index contributed by atoms with van der Waals surface area (Å²) in [5.74, 6) is -0.864. The number of carbonyl (C=O) groups excluding carboxylic acids is 4. The first-order valence-electron chi connectivity index (χ1n) is 8.92. The number of rotatable bonds is 7. The molecule has 1 fully saturated rings. The van der Waals surface area contributed by atoms with E-state index in [4.69, 9.17) is 5.11 Å². The number of thioether (sulfide) groups is 1. The van der Waals surface area contributed by atoms with Crippen molar-refractivity contribution in [2.24, 2.45) is 0 Å². The summed E-state index contributed by atoms with van der Waals surface area (Å²) in [5.41, 5.74) is -0.0864. The molecule has 0 aromatic carbocycles. The number of nitrogens with one attached hydrogen (secondary N) is 4. The highest BCUT2D eigenvalue weighted by molar-refractivity contribution is 8.00. The molecule has 5 N–H and O–H groups in total. The molecule has 1 aliphatic heterocycles. The van der Waals surface area contributed by atoms with Gasteiger partial charge in [-0.15, -0.1) is 0 Å². The van der Waals surface area contributed by atoms with Crippen LogP contribution in [0.4, 0.5) is 0 Å². The molecule has 1 aliphatic rings. The Kier molecular flexibility index (Phi) is 13.3. The van der Waals surface area contributed by atoms with Crippen LogP contribution in [0.5, 0.6) is 0 Å². The lowest BCUT2D eigenvalue weighted by Gasteiger charge is -2.18. The summed E-state index contributed by atoms with van der Waals surface area (Å²) in [6.07, 6.45) is 1.46. The minimum absolute atomic E-state index is 0.00196. The third-order valence-electron chi connectivity index (χ3n) is 3.79. The van der Waals surface area contributed by atoms with E-state index in [1.165, 1.54) is 24.8 Å². The predicted octanol–water partition coefficient (Wildman–Crippen LogP) is -0.658. The fourth-order valence-corrected chi connectivity index (χ4v) is 3.40. The number of allylic oxidation sites excluding steroid dienone is 2. The molecule has 0 aromatic heterocycles. The molecule has 164 valence electrons. The molecule has 9 nitrogen and oxygen atoms in total. The van der Waals surface area contributed by atoms with E-state index in [1.807, 2.05) is 6.92 Å². The van der Waals surface area contributed by atoms with Gasteiger partial charge in [-0.3, -0.25) is 19.2 Å². The van der Waals surface area contributed by atoms with Crippen molar-refractivity contribution in [2.75, 3.05) is 25.2 Å². The van der Waals surface area contributed by atoms with Gasteiger partial charge in [0.25, 0.3) is 5.91 Å². The number of aliphatic hydroxyl groups is 1. The Labute approximate surface area is 180 Å². The van der Waals surface area contributed by atoms with Crippen molar-refractivity contribution in [3.8, 4) is 0 Å². The fraction of sp³-hybridized carbons (Fsp3) is 0.556. The number of aliphatic hydroxyl groups excluding tert-OH is 1. The molecule has 1 saturated heterocycles. The third kappa shape index (κ3) is 9.48. The van der Waals surface area contributed by atoms with Gasteiger partial charge in [0.15, 0.2) is 5.78 Å². The second kappa shape index (κ2) is 14.2. The summed E-state index contributed by atoms with van der Waals surface area (Å²) >= 11 is 5.15. The molecule has 3 unspecified atom stereocenters. The normalized spacial score (nSPS) is 21.7. The number of amides is 3. The van der Waals surface area contributed by atoms with Gasteiger partial charge in [-0.05, 0) is 14.0 Å². The third-order valence-corrected chi connectivity index (χ3v) is 5.31. The Bertz CT molecular complexity index is 652. The Hall–Kier alpha value is -1.82. The zero-order valence-corrected chi connectivity index (χ0v) is 18.8. The standard InChI is InChI=1S/C16H24N4O4S.C2H6OS/c1-6-11(9(3)21)19-14(22)8(2)18-15(23)12-7-25-10(4)13(17-5)16(24)20-12;3-1-2-4/h6,10,12-13,17H,2,7H2,1,3-5H3,(H,18,23)(H,19,22)(H,20,24);3-4H,1-2H2/b11-6-;. The van der Waals surface area contributed by atoms with E-state index in [1.54, 1.807) is 14.0 Å². The molecular weight excluding hydrogens is 416 g/mol. The average molecular weight is 447 g/mol. The van der Waals surface area contributed by atoms with Crippen molar-refractivity contribution in [1.82, 2.24) is 21.3 Å². The van der Waals surface area contributed by atoms with Crippen LogP contribution in [0.1, 0.15) is 20.8 Å². The van der Waals surface area contributed by atoms with Crippen molar-refractivity contribution in [3.63, 3.8) is 0 Å². The molecule has 0 saturated carbocycles. The van der Waals surface area contributed by atoms with Crippen LogP contribution in [-0.4, -0.2) is 71.1 Å². The van der Waals surface area contributed by atoms with E-state index in [0.717, 1.165) is 0 Å². The first-order valence-corrected chi connectivity index (χ1v) is 10.6. The van der Waals surface area contributed by atoms with Gasteiger partial charge in [-0.25, -0.2) is 0 Å². The molecule has 0 aromatic rings. The van der Waals surface area contributed by atoms with Crippen molar-refractivity contribution in [2.45, 2.75) is 38.1 Å². The summed E-state index contributed by atoms with van der Waals surface area (Å²) in [5, 5.41) is 18.1. The highest BCUT2D eigenvalue weighted by Crippen LogP contribution is 2.19.